The first-order valence-electron chi connectivity index (χ1n) is 8.81. The number of carbonyl (C=O) groups is 1. The van der Waals surface area contributed by atoms with Crippen molar-refractivity contribution in [2.75, 3.05) is 38.0 Å². The first-order valence-corrected chi connectivity index (χ1v) is 8.81. The van der Waals surface area contributed by atoms with Crippen LogP contribution in [0.5, 0.6) is 0 Å². The normalized spacial score (nSPS) is 15.9. The molecule has 1 aromatic heterocycles. The zero-order chi connectivity index (χ0) is 17.6. The van der Waals surface area contributed by atoms with Gasteiger partial charge in [-0.2, -0.15) is 0 Å². The van der Waals surface area contributed by atoms with Crippen molar-refractivity contribution < 1.29 is 4.79 Å². The maximum Gasteiger partial charge on any atom is 0.238 e. The monoisotopic (exact) mass is 338 g/mol. The first kappa shape index (κ1) is 17.6. The van der Waals surface area contributed by atoms with E-state index >= 15 is 0 Å². The summed E-state index contributed by atoms with van der Waals surface area (Å²) in [6.07, 6.45) is 3.79. The van der Waals surface area contributed by atoms with E-state index in [2.05, 4.69) is 33.1 Å². The average Bonchev–Trinajstić information content (AvgIpc) is 2.61. The molecule has 1 N–H and O–H groups in total. The van der Waals surface area contributed by atoms with Gasteiger partial charge in [-0.25, -0.2) is 0 Å². The number of rotatable bonds is 5. The Morgan fingerprint density at radius 3 is 2.40 bits per heavy atom. The predicted octanol–water partition coefficient (Wildman–Crippen LogP) is 2.45. The summed E-state index contributed by atoms with van der Waals surface area (Å²) >= 11 is 0. The van der Waals surface area contributed by atoms with E-state index in [1.807, 2.05) is 43.6 Å². The summed E-state index contributed by atoms with van der Waals surface area (Å²) in [5.41, 5.74) is 4.63. The van der Waals surface area contributed by atoms with Gasteiger partial charge in [0.2, 0.25) is 5.91 Å². The Morgan fingerprint density at radius 1 is 1.04 bits per heavy atom. The van der Waals surface area contributed by atoms with Crippen LogP contribution in [0.3, 0.4) is 0 Å². The molecule has 1 fully saturated rings. The van der Waals surface area contributed by atoms with Crippen molar-refractivity contribution in [3.05, 3.63) is 59.4 Å². The number of nitrogens with one attached hydrogen (secondary N) is 1. The van der Waals surface area contributed by atoms with Crippen LogP contribution < -0.4 is 5.32 Å². The summed E-state index contributed by atoms with van der Waals surface area (Å²) in [5, 5.41) is 2.97. The Labute approximate surface area is 149 Å². The maximum absolute atomic E-state index is 12.2. The number of piperazine rings is 1. The van der Waals surface area contributed by atoms with Crippen LogP contribution in [0.4, 0.5) is 5.69 Å². The molecule has 132 valence electrons. The van der Waals surface area contributed by atoms with Crippen LogP contribution in [0.25, 0.3) is 0 Å². The second kappa shape index (κ2) is 8.23. The highest BCUT2D eigenvalue weighted by molar-refractivity contribution is 5.92. The summed E-state index contributed by atoms with van der Waals surface area (Å²) in [4.78, 5) is 21.1. The van der Waals surface area contributed by atoms with E-state index in [1.54, 1.807) is 0 Å². The molecule has 0 atom stereocenters. The molecule has 0 bridgehead atoms. The fourth-order valence-electron chi connectivity index (χ4n) is 3.05. The molecule has 0 aliphatic carbocycles. The molecule has 1 aromatic carbocycles. The number of nitrogens with zero attached hydrogens (tertiary/aromatic N) is 3. The lowest BCUT2D eigenvalue weighted by Crippen LogP contribution is -2.48. The van der Waals surface area contributed by atoms with Gasteiger partial charge in [0.1, 0.15) is 0 Å². The summed E-state index contributed by atoms with van der Waals surface area (Å²) < 4.78 is 0. The highest BCUT2D eigenvalue weighted by Crippen LogP contribution is 2.12. The highest BCUT2D eigenvalue weighted by Gasteiger charge is 2.19. The number of hydrogen-bond acceptors (Lipinski definition) is 4. The average molecular weight is 338 g/mol. The quantitative estimate of drug-likeness (QED) is 0.910. The van der Waals surface area contributed by atoms with Gasteiger partial charge in [-0.15, -0.1) is 0 Å². The lowest BCUT2D eigenvalue weighted by Gasteiger charge is -2.34. The molecule has 5 heteroatoms. The van der Waals surface area contributed by atoms with Crippen molar-refractivity contribution in [1.29, 1.82) is 0 Å². The van der Waals surface area contributed by atoms with Gasteiger partial charge in [0.25, 0.3) is 0 Å². The molecule has 2 aromatic rings. The molecule has 0 unspecified atom stereocenters. The van der Waals surface area contributed by atoms with E-state index in [1.165, 1.54) is 16.7 Å². The summed E-state index contributed by atoms with van der Waals surface area (Å²) in [5.74, 6) is 0.0559. The van der Waals surface area contributed by atoms with Crippen LogP contribution in [0.1, 0.15) is 16.7 Å². The number of amides is 1. The number of benzene rings is 1. The Morgan fingerprint density at radius 2 is 1.72 bits per heavy atom. The maximum atomic E-state index is 12.2. The zero-order valence-corrected chi connectivity index (χ0v) is 15.0. The number of pyridine rings is 1. The molecule has 0 spiro atoms. The van der Waals surface area contributed by atoms with Gasteiger partial charge in [-0.05, 0) is 43.2 Å². The lowest BCUT2D eigenvalue weighted by molar-refractivity contribution is -0.117. The number of aromatic nitrogens is 1. The van der Waals surface area contributed by atoms with E-state index < -0.39 is 0 Å². The standard InChI is InChI=1S/C20H26N4O/c1-16-3-5-19(6-4-16)22-20(25)15-24-11-9-23(10-12-24)14-18-13-21-8-7-17(18)2/h3-8,13H,9-12,14-15H2,1-2H3,(H,22,25). The third-order valence-electron chi connectivity index (χ3n) is 4.71. The van der Waals surface area contributed by atoms with Crippen LogP contribution in [-0.2, 0) is 11.3 Å². The topological polar surface area (TPSA) is 48.5 Å². The molecule has 1 aliphatic rings. The summed E-state index contributed by atoms with van der Waals surface area (Å²) in [6.45, 7) is 9.34. The van der Waals surface area contributed by atoms with Crippen LogP contribution in [0.15, 0.2) is 42.7 Å². The first-order chi connectivity index (χ1) is 12.1. The van der Waals surface area contributed by atoms with Gasteiger partial charge < -0.3 is 5.32 Å². The van der Waals surface area contributed by atoms with Crippen molar-refractivity contribution >= 4 is 11.6 Å². The van der Waals surface area contributed by atoms with Gasteiger partial charge in [0, 0.05) is 50.8 Å². The minimum Gasteiger partial charge on any atom is -0.325 e. The van der Waals surface area contributed by atoms with Crippen molar-refractivity contribution in [3.8, 4) is 0 Å². The van der Waals surface area contributed by atoms with Crippen molar-refractivity contribution in [2.24, 2.45) is 0 Å². The molecule has 2 heterocycles. The summed E-state index contributed by atoms with van der Waals surface area (Å²) in [7, 11) is 0. The SMILES string of the molecule is Cc1ccc(NC(=O)CN2CCN(Cc3cnccc3C)CC2)cc1. The van der Waals surface area contributed by atoms with Crippen LogP contribution in [0.2, 0.25) is 0 Å². The molecule has 1 amide bonds. The van der Waals surface area contributed by atoms with E-state index in [0.717, 1.165) is 38.4 Å². The molecule has 1 aliphatic heterocycles. The molecular weight excluding hydrogens is 312 g/mol. The molecule has 0 radical (unpaired) electrons. The number of hydrogen-bond donors (Lipinski definition) is 1. The molecule has 1 saturated heterocycles. The molecule has 3 rings (SSSR count). The second-order valence-corrected chi connectivity index (χ2v) is 6.77. The minimum atomic E-state index is 0.0559. The van der Waals surface area contributed by atoms with E-state index in [-0.39, 0.29) is 5.91 Å². The summed E-state index contributed by atoms with van der Waals surface area (Å²) in [6, 6.07) is 9.97. The van der Waals surface area contributed by atoms with Crippen molar-refractivity contribution in [2.45, 2.75) is 20.4 Å². The fourth-order valence-corrected chi connectivity index (χ4v) is 3.05. The molecule has 0 saturated carbocycles. The smallest absolute Gasteiger partial charge is 0.238 e. The van der Waals surface area contributed by atoms with E-state index in [0.29, 0.717) is 6.54 Å². The van der Waals surface area contributed by atoms with Crippen LogP contribution in [-0.4, -0.2) is 53.4 Å². The fraction of sp³-hybridized carbons (Fsp3) is 0.400. The Bertz CT molecular complexity index is 706. The third-order valence-corrected chi connectivity index (χ3v) is 4.71. The number of anilines is 1. The Kier molecular flexibility index (Phi) is 5.79. The zero-order valence-electron chi connectivity index (χ0n) is 15.0. The largest absolute Gasteiger partial charge is 0.325 e. The molecular formula is C20H26N4O. The number of carbonyl (C=O) groups excluding carboxylic acids is 1. The minimum absolute atomic E-state index is 0.0559. The second-order valence-electron chi connectivity index (χ2n) is 6.77. The van der Waals surface area contributed by atoms with Gasteiger partial charge in [-0.3, -0.25) is 19.6 Å². The van der Waals surface area contributed by atoms with Crippen LogP contribution in [0, 0.1) is 13.8 Å². The van der Waals surface area contributed by atoms with Gasteiger partial charge in [0.05, 0.1) is 6.54 Å². The van der Waals surface area contributed by atoms with Crippen molar-refractivity contribution in [3.63, 3.8) is 0 Å². The molecule has 5 nitrogen and oxygen atoms in total. The van der Waals surface area contributed by atoms with E-state index in [4.69, 9.17) is 0 Å². The van der Waals surface area contributed by atoms with Gasteiger partial charge >= 0.3 is 0 Å². The third kappa shape index (κ3) is 5.11. The van der Waals surface area contributed by atoms with Gasteiger partial charge in [-0.1, -0.05) is 17.7 Å². The lowest BCUT2D eigenvalue weighted by atomic mass is 10.1. The highest BCUT2D eigenvalue weighted by atomic mass is 16.2. The Balaban J connectivity index is 1.43. The van der Waals surface area contributed by atoms with Crippen LogP contribution >= 0.6 is 0 Å². The predicted molar refractivity (Wildman–Crippen MR) is 100 cm³/mol. The molecule has 25 heavy (non-hydrogen) atoms. The number of aryl methyl sites for hydroxylation is 2. The van der Waals surface area contributed by atoms with Gasteiger partial charge in [0.15, 0.2) is 0 Å². The Hall–Kier alpha value is -2.24. The van der Waals surface area contributed by atoms with Crippen molar-refractivity contribution in [1.82, 2.24) is 14.8 Å². The van der Waals surface area contributed by atoms with E-state index in [9.17, 15) is 4.79 Å².